The van der Waals surface area contributed by atoms with E-state index in [-0.39, 0.29) is 12.1 Å². The first-order valence-corrected chi connectivity index (χ1v) is 8.25. The molecule has 0 amide bonds. The van der Waals surface area contributed by atoms with Gasteiger partial charge in [-0.3, -0.25) is 4.79 Å². The van der Waals surface area contributed by atoms with Crippen molar-refractivity contribution in [3.8, 4) is 0 Å². The third-order valence-electron chi connectivity index (χ3n) is 5.49. The average Bonchev–Trinajstić information content (AvgIpc) is 2.66. The summed E-state index contributed by atoms with van der Waals surface area (Å²) in [4.78, 5) is 12.4. The Hall–Kier alpha value is -2.48. The molecule has 2 aliphatic carbocycles. The van der Waals surface area contributed by atoms with Gasteiger partial charge in [-0.1, -0.05) is 0 Å². The molecule has 32 heavy (non-hydrogen) atoms. The van der Waals surface area contributed by atoms with Crippen LogP contribution in [0.15, 0.2) is 17.7 Å². The van der Waals surface area contributed by atoms with E-state index in [1.165, 1.54) is 0 Å². The normalized spacial score (nSPS) is 24.9. The Morgan fingerprint density at radius 3 is 1.72 bits per heavy atom. The maximum absolute atomic E-state index is 14.2. The van der Waals surface area contributed by atoms with Crippen molar-refractivity contribution in [2.75, 3.05) is 0 Å². The van der Waals surface area contributed by atoms with E-state index in [9.17, 15) is 67.0 Å². The summed E-state index contributed by atoms with van der Waals surface area (Å²) in [6.45, 7) is 0. The van der Waals surface area contributed by atoms with Crippen LogP contribution in [0.2, 0.25) is 0 Å². The number of carbonyl (C=O) groups excluding carboxylic acids is 1. The molecule has 0 aromatic heterocycles. The zero-order valence-electron chi connectivity index (χ0n) is 14.8. The fraction of sp³-hybridized carbons (Fsp3) is 0.471. The molecule has 0 radical (unpaired) electrons. The van der Waals surface area contributed by atoms with E-state index in [4.69, 9.17) is 0 Å². The van der Waals surface area contributed by atoms with E-state index in [1.807, 2.05) is 0 Å². The van der Waals surface area contributed by atoms with Crippen LogP contribution in [0.3, 0.4) is 0 Å². The van der Waals surface area contributed by atoms with E-state index in [0.717, 1.165) is 0 Å². The Bertz CT molecular complexity index is 1010. The minimum Gasteiger partial charge on any atom is -0.507 e. The van der Waals surface area contributed by atoms with Crippen molar-refractivity contribution >= 4 is 11.5 Å². The first-order valence-electron chi connectivity index (χ1n) is 8.25. The summed E-state index contributed by atoms with van der Waals surface area (Å²) in [5.74, 6) is -38.1. The minimum atomic E-state index is -7.40. The molecule has 1 aromatic carbocycles. The van der Waals surface area contributed by atoms with Crippen LogP contribution in [0.1, 0.15) is 17.5 Å². The van der Waals surface area contributed by atoms with Crippen LogP contribution in [0, 0.1) is 17.0 Å². The fourth-order valence-electron chi connectivity index (χ4n) is 3.88. The molecule has 0 unspecified atom stereocenters. The third kappa shape index (κ3) is 2.36. The molecule has 0 spiro atoms. The van der Waals surface area contributed by atoms with Gasteiger partial charge in [0.25, 0.3) is 5.41 Å². The van der Waals surface area contributed by atoms with Gasteiger partial charge in [0.05, 0.1) is 0 Å². The van der Waals surface area contributed by atoms with Gasteiger partial charge in [-0.15, -0.1) is 0 Å². The molecular formula is C17H7F13O2. The number of aliphatic hydroxyl groups is 1. The van der Waals surface area contributed by atoms with Crippen molar-refractivity contribution in [3.63, 3.8) is 0 Å². The number of rotatable bonds is 2. The number of alkyl halides is 11. The van der Waals surface area contributed by atoms with Crippen LogP contribution in [-0.4, -0.2) is 40.8 Å². The number of ketones is 1. The lowest BCUT2D eigenvalue weighted by atomic mass is 9.70. The second kappa shape index (κ2) is 6.31. The average molecular weight is 490 g/mol. The summed E-state index contributed by atoms with van der Waals surface area (Å²) in [7, 11) is 0. The molecular weight excluding hydrogens is 483 g/mol. The Labute approximate surface area is 168 Å². The van der Waals surface area contributed by atoms with Gasteiger partial charge in [-0.25, -0.2) is 8.78 Å². The smallest absolute Gasteiger partial charge is 0.414 e. The van der Waals surface area contributed by atoms with Gasteiger partial charge >= 0.3 is 29.9 Å². The van der Waals surface area contributed by atoms with Crippen LogP contribution in [0.25, 0.3) is 5.76 Å². The number of aliphatic hydroxyl groups excluding tert-OH is 1. The summed E-state index contributed by atoms with van der Waals surface area (Å²) in [5.41, 5.74) is -10.9. The number of allylic oxidation sites excluding steroid dienone is 1. The fourth-order valence-corrected chi connectivity index (χ4v) is 3.88. The molecule has 1 N–H and O–H groups in total. The van der Waals surface area contributed by atoms with Crippen molar-refractivity contribution in [1.82, 2.24) is 0 Å². The predicted molar refractivity (Wildman–Crippen MR) is 77.5 cm³/mol. The van der Waals surface area contributed by atoms with Gasteiger partial charge in [0, 0.05) is 17.2 Å². The van der Waals surface area contributed by atoms with E-state index < -0.39 is 88.0 Å². The molecule has 0 saturated heterocycles. The highest BCUT2D eigenvalue weighted by Gasteiger charge is 3.06. The molecule has 2 aliphatic rings. The number of hydrogen-bond donors (Lipinski definition) is 1. The van der Waals surface area contributed by atoms with Crippen molar-refractivity contribution in [2.24, 2.45) is 5.41 Å². The van der Waals surface area contributed by atoms with Gasteiger partial charge in [-0.05, 0) is 24.5 Å². The maximum atomic E-state index is 14.2. The number of halogens is 13. The van der Waals surface area contributed by atoms with Gasteiger partial charge < -0.3 is 5.11 Å². The highest BCUT2D eigenvalue weighted by Crippen LogP contribution is 2.76. The van der Waals surface area contributed by atoms with Crippen LogP contribution >= 0.6 is 0 Å². The summed E-state index contributed by atoms with van der Waals surface area (Å²) in [5, 5.41) is 9.97. The van der Waals surface area contributed by atoms with E-state index in [1.54, 1.807) is 0 Å². The molecule has 0 atom stereocenters. The minimum absolute atomic E-state index is 0.189. The largest absolute Gasteiger partial charge is 0.507 e. The summed E-state index contributed by atoms with van der Waals surface area (Å²) < 4.78 is 179. The molecule has 1 fully saturated rings. The zero-order chi connectivity index (χ0) is 24.9. The quantitative estimate of drug-likeness (QED) is 0.529. The first-order chi connectivity index (χ1) is 14.2. The molecule has 1 saturated carbocycles. The van der Waals surface area contributed by atoms with Crippen molar-refractivity contribution in [2.45, 2.75) is 42.7 Å². The van der Waals surface area contributed by atoms with Gasteiger partial charge in [0.15, 0.2) is 5.78 Å². The van der Waals surface area contributed by atoms with Crippen molar-refractivity contribution in [1.29, 1.82) is 0 Å². The highest BCUT2D eigenvalue weighted by atomic mass is 19.4. The third-order valence-corrected chi connectivity index (χ3v) is 5.49. The predicted octanol–water partition coefficient (Wildman–Crippen LogP) is 5.85. The molecule has 3 rings (SSSR count). The van der Waals surface area contributed by atoms with E-state index in [2.05, 4.69) is 0 Å². The Morgan fingerprint density at radius 2 is 1.28 bits per heavy atom. The molecule has 0 heterocycles. The first kappa shape index (κ1) is 24.2. The van der Waals surface area contributed by atoms with Crippen LogP contribution in [-0.2, 0) is 11.2 Å². The lowest BCUT2D eigenvalue weighted by molar-refractivity contribution is -0.341. The molecule has 15 heteroatoms. The van der Waals surface area contributed by atoms with Gasteiger partial charge in [-0.2, -0.15) is 48.3 Å². The van der Waals surface area contributed by atoms with Crippen LogP contribution in [0.4, 0.5) is 57.1 Å². The number of Topliss-reactive ketones (excluding diaryl/α,β-unsaturated/α-hetero) is 1. The number of benzene rings is 1. The van der Waals surface area contributed by atoms with Crippen LogP contribution < -0.4 is 0 Å². The summed E-state index contributed by atoms with van der Waals surface area (Å²) in [6.07, 6.45) is -9.78. The monoisotopic (exact) mass is 490 g/mol. The standard InChI is InChI=1S/C17H7F13O2/c18-5-3-8-6(9(19)4-5)1-2-7(10(8)31)11(32)12(17(28,29)30)13(20,21)15(24,25)16(26,27)14(12,22)23/h3-4,31H,1-2H2. The van der Waals surface area contributed by atoms with Gasteiger partial charge in [0.1, 0.15) is 17.4 Å². The SMILES string of the molecule is O=C(C1=C(O)c2cc(F)cc(F)c2CC1)C1(C(F)(F)F)C(F)(F)C(F)(F)C(F)(F)C1(F)F. The topological polar surface area (TPSA) is 37.3 Å². The number of fused-ring (bicyclic) bond motifs is 1. The lowest BCUT2D eigenvalue weighted by Gasteiger charge is -2.39. The van der Waals surface area contributed by atoms with Crippen LogP contribution in [0.5, 0.6) is 0 Å². The zero-order valence-corrected chi connectivity index (χ0v) is 14.8. The highest BCUT2D eigenvalue weighted by molar-refractivity contribution is 6.08. The van der Waals surface area contributed by atoms with Crippen molar-refractivity contribution in [3.05, 3.63) is 40.5 Å². The lowest BCUT2D eigenvalue weighted by Crippen LogP contribution is -2.65. The van der Waals surface area contributed by atoms with Crippen molar-refractivity contribution < 1.29 is 67.0 Å². The molecule has 0 bridgehead atoms. The molecule has 0 aliphatic heterocycles. The van der Waals surface area contributed by atoms with E-state index in [0.29, 0.717) is 0 Å². The van der Waals surface area contributed by atoms with Gasteiger partial charge in [0.2, 0.25) is 0 Å². The maximum Gasteiger partial charge on any atom is 0.414 e. The molecule has 178 valence electrons. The van der Waals surface area contributed by atoms with E-state index >= 15 is 0 Å². The second-order valence-corrected chi connectivity index (χ2v) is 7.12. The number of hydrogen-bond acceptors (Lipinski definition) is 2. The molecule has 1 aromatic rings. The summed E-state index contributed by atoms with van der Waals surface area (Å²) >= 11 is 0. The Balaban J connectivity index is 2.40. The Morgan fingerprint density at radius 1 is 0.812 bits per heavy atom. The second-order valence-electron chi connectivity index (χ2n) is 7.12. The molecule has 2 nitrogen and oxygen atoms in total. The number of carbonyl (C=O) groups is 1. The summed E-state index contributed by atoms with van der Waals surface area (Å²) in [6, 6.07) is 0.408. The Kier molecular flexibility index (Phi) is 4.76.